The van der Waals surface area contributed by atoms with Crippen molar-refractivity contribution >= 4 is 29.0 Å². The lowest BCUT2D eigenvalue weighted by Gasteiger charge is -2.20. The van der Waals surface area contributed by atoms with E-state index < -0.39 is 0 Å². The molecule has 0 saturated heterocycles. The van der Waals surface area contributed by atoms with Crippen molar-refractivity contribution in [2.24, 2.45) is 0 Å². The maximum absolute atomic E-state index is 6.37. The first-order valence-electron chi connectivity index (χ1n) is 9.62. The van der Waals surface area contributed by atoms with Gasteiger partial charge < -0.3 is 10.6 Å². The molecule has 0 aliphatic heterocycles. The first kappa shape index (κ1) is 21.2. The van der Waals surface area contributed by atoms with Crippen LogP contribution in [-0.4, -0.2) is 44.2 Å². The highest BCUT2D eigenvalue weighted by Gasteiger charge is 2.18. The van der Waals surface area contributed by atoms with Crippen LogP contribution >= 0.6 is 23.2 Å². The molecule has 2 heterocycles. The van der Waals surface area contributed by atoms with Gasteiger partial charge in [0, 0.05) is 17.8 Å². The Kier molecular flexibility index (Phi) is 5.91. The number of nitrogen functional groups attached to an aromatic ring is 1. The van der Waals surface area contributed by atoms with Crippen LogP contribution in [0.3, 0.4) is 0 Å². The third-order valence-corrected chi connectivity index (χ3v) is 6.10. The fourth-order valence-electron chi connectivity index (χ4n) is 3.24. The van der Waals surface area contributed by atoms with E-state index in [1.165, 1.54) is 10.2 Å². The first-order chi connectivity index (χ1) is 14.9. The van der Waals surface area contributed by atoms with Gasteiger partial charge in [-0.05, 0) is 60.8 Å². The molecule has 2 N–H and O–H groups in total. The minimum atomic E-state index is 0.316. The Morgan fingerprint density at radius 3 is 2.48 bits per heavy atom. The second kappa shape index (κ2) is 8.63. The smallest absolute Gasteiger partial charge is 0.190 e. The van der Waals surface area contributed by atoms with Crippen molar-refractivity contribution in [1.82, 2.24) is 30.1 Å². The molecular weight excluding hydrogens is 433 g/mol. The zero-order chi connectivity index (χ0) is 22.1. The van der Waals surface area contributed by atoms with Gasteiger partial charge in [0.2, 0.25) is 0 Å². The Morgan fingerprint density at radius 1 is 1.03 bits per heavy atom. The van der Waals surface area contributed by atoms with Crippen molar-refractivity contribution in [2.45, 2.75) is 13.0 Å². The van der Waals surface area contributed by atoms with E-state index in [1.54, 1.807) is 24.4 Å². The number of tetrazole rings is 1. The maximum atomic E-state index is 6.37. The Morgan fingerprint density at radius 2 is 1.77 bits per heavy atom. The van der Waals surface area contributed by atoms with Crippen LogP contribution in [0.2, 0.25) is 10.0 Å². The lowest BCUT2D eigenvalue weighted by Crippen LogP contribution is -2.16. The second-order valence-corrected chi connectivity index (χ2v) is 8.19. The van der Waals surface area contributed by atoms with E-state index in [-0.39, 0.29) is 0 Å². The summed E-state index contributed by atoms with van der Waals surface area (Å²) in [4.78, 5) is 6.54. The Bertz CT molecular complexity index is 1220. The highest BCUT2D eigenvalue weighted by molar-refractivity contribution is 6.43. The quantitative estimate of drug-likeness (QED) is 0.462. The van der Waals surface area contributed by atoms with Crippen LogP contribution in [0.1, 0.15) is 18.5 Å². The predicted octanol–water partition coefficient (Wildman–Crippen LogP) is 4.90. The SMILES string of the molecule is CC(c1ccc(-c2cnc(N)c(-c3nnnn3-c3cccc(Cl)c3Cl)c2)cc1)N(C)C. The number of halogens is 2. The molecule has 4 aromatic rings. The molecule has 0 radical (unpaired) electrons. The molecule has 158 valence electrons. The summed E-state index contributed by atoms with van der Waals surface area (Å²) in [6, 6.07) is 15.9. The van der Waals surface area contributed by atoms with Crippen LogP contribution in [0.4, 0.5) is 5.82 Å². The zero-order valence-corrected chi connectivity index (χ0v) is 18.8. The molecule has 0 aliphatic rings. The summed E-state index contributed by atoms with van der Waals surface area (Å²) in [5, 5.41) is 12.8. The van der Waals surface area contributed by atoms with Gasteiger partial charge in [0.05, 0.1) is 21.3 Å². The molecule has 2 aromatic heterocycles. The number of rotatable bonds is 5. The molecule has 0 amide bonds. The Hall–Kier alpha value is -3.00. The molecule has 1 unspecified atom stereocenters. The van der Waals surface area contributed by atoms with Crippen molar-refractivity contribution in [1.29, 1.82) is 0 Å². The highest BCUT2D eigenvalue weighted by atomic mass is 35.5. The number of nitrogens with two attached hydrogens (primary N) is 1. The standard InChI is InChI=1S/C22H21Cl2N7/c1-13(30(2)3)14-7-9-15(10-8-14)16-11-17(21(25)26-12-16)22-27-28-29-31(22)19-6-4-5-18(23)20(19)24/h4-13H,1-3H3,(H2,25,26). The van der Waals surface area contributed by atoms with E-state index >= 15 is 0 Å². The molecular formula is C22H21Cl2N7. The molecule has 0 bridgehead atoms. The summed E-state index contributed by atoms with van der Waals surface area (Å²) in [5.41, 5.74) is 10.5. The normalized spacial score (nSPS) is 12.3. The molecule has 0 saturated carbocycles. The molecule has 9 heteroatoms. The van der Waals surface area contributed by atoms with E-state index in [1.807, 2.05) is 6.07 Å². The number of pyridine rings is 1. The van der Waals surface area contributed by atoms with Crippen LogP contribution in [0.25, 0.3) is 28.2 Å². The van der Waals surface area contributed by atoms with Crippen LogP contribution in [0.15, 0.2) is 54.7 Å². The average molecular weight is 454 g/mol. The molecule has 0 fully saturated rings. The molecule has 0 spiro atoms. The van der Waals surface area contributed by atoms with Gasteiger partial charge in [-0.25, -0.2) is 4.98 Å². The van der Waals surface area contributed by atoms with E-state index in [2.05, 4.69) is 70.7 Å². The van der Waals surface area contributed by atoms with Crippen LogP contribution in [0.5, 0.6) is 0 Å². The van der Waals surface area contributed by atoms with Gasteiger partial charge in [-0.3, -0.25) is 0 Å². The van der Waals surface area contributed by atoms with Gasteiger partial charge >= 0.3 is 0 Å². The molecule has 1 atom stereocenters. The first-order valence-corrected chi connectivity index (χ1v) is 10.4. The number of nitrogens with zero attached hydrogens (tertiary/aromatic N) is 6. The fraction of sp³-hybridized carbons (Fsp3) is 0.182. The number of aromatic nitrogens is 5. The summed E-state index contributed by atoms with van der Waals surface area (Å²) in [7, 11) is 4.12. The van der Waals surface area contributed by atoms with Gasteiger partial charge in [-0.15, -0.1) is 5.10 Å². The van der Waals surface area contributed by atoms with E-state index in [0.717, 1.165) is 11.1 Å². The Balaban J connectivity index is 1.76. The van der Waals surface area contributed by atoms with E-state index in [4.69, 9.17) is 28.9 Å². The van der Waals surface area contributed by atoms with Crippen molar-refractivity contribution in [3.05, 3.63) is 70.3 Å². The lowest BCUT2D eigenvalue weighted by atomic mass is 10.0. The maximum Gasteiger partial charge on any atom is 0.190 e. The van der Waals surface area contributed by atoms with E-state index in [9.17, 15) is 0 Å². The number of benzene rings is 2. The van der Waals surface area contributed by atoms with Crippen LogP contribution in [-0.2, 0) is 0 Å². The lowest BCUT2D eigenvalue weighted by molar-refractivity contribution is 0.321. The van der Waals surface area contributed by atoms with Crippen molar-refractivity contribution in [3.63, 3.8) is 0 Å². The fourth-order valence-corrected chi connectivity index (χ4v) is 3.61. The van der Waals surface area contributed by atoms with E-state index in [0.29, 0.717) is 39.0 Å². The minimum Gasteiger partial charge on any atom is -0.383 e. The average Bonchev–Trinajstić information content (AvgIpc) is 3.25. The van der Waals surface area contributed by atoms with Gasteiger partial charge in [0.1, 0.15) is 5.82 Å². The molecule has 2 aromatic carbocycles. The molecule has 4 rings (SSSR count). The molecule has 7 nitrogen and oxygen atoms in total. The largest absolute Gasteiger partial charge is 0.383 e. The molecule has 0 aliphatic carbocycles. The van der Waals surface area contributed by atoms with Crippen LogP contribution in [0, 0.1) is 0 Å². The third kappa shape index (κ3) is 4.12. The monoisotopic (exact) mass is 453 g/mol. The van der Waals surface area contributed by atoms with Crippen molar-refractivity contribution in [2.75, 3.05) is 19.8 Å². The summed E-state index contributed by atoms with van der Waals surface area (Å²) in [6.07, 6.45) is 1.74. The number of anilines is 1. The van der Waals surface area contributed by atoms with Gasteiger partial charge in [-0.2, -0.15) is 4.68 Å². The molecule has 31 heavy (non-hydrogen) atoms. The van der Waals surface area contributed by atoms with Gasteiger partial charge in [-0.1, -0.05) is 53.5 Å². The number of hydrogen-bond acceptors (Lipinski definition) is 6. The van der Waals surface area contributed by atoms with Crippen molar-refractivity contribution in [3.8, 4) is 28.2 Å². The Labute approximate surface area is 190 Å². The highest BCUT2D eigenvalue weighted by Crippen LogP contribution is 2.33. The minimum absolute atomic E-state index is 0.316. The summed E-state index contributed by atoms with van der Waals surface area (Å²) in [6.45, 7) is 2.17. The third-order valence-electron chi connectivity index (χ3n) is 5.29. The van der Waals surface area contributed by atoms with Gasteiger partial charge in [0.15, 0.2) is 5.82 Å². The zero-order valence-electron chi connectivity index (χ0n) is 17.3. The summed E-state index contributed by atoms with van der Waals surface area (Å²) < 4.78 is 1.51. The van der Waals surface area contributed by atoms with Crippen molar-refractivity contribution < 1.29 is 0 Å². The summed E-state index contributed by atoms with van der Waals surface area (Å²) >= 11 is 12.5. The topological polar surface area (TPSA) is 85.7 Å². The van der Waals surface area contributed by atoms with Gasteiger partial charge in [0.25, 0.3) is 0 Å². The predicted molar refractivity (Wildman–Crippen MR) is 124 cm³/mol. The second-order valence-electron chi connectivity index (χ2n) is 7.41. The summed E-state index contributed by atoms with van der Waals surface area (Å²) in [5.74, 6) is 0.740. The number of hydrogen-bond donors (Lipinski definition) is 1. The van der Waals surface area contributed by atoms with Crippen LogP contribution < -0.4 is 5.73 Å².